The molecular weight excluding hydrogens is 326 g/mol. The van der Waals surface area contributed by atoms with Crippen LogP contribution in [0.3, 0.4) is 0 Å². The van der Waals surface area contributed by atoms with E-state index in [1.807, 2.05) is 4.90 Å². The fraction of sp³-hybridized carbons (Fsp3) is 0.889. The Balaban J connectivity index is 0.00000208. The van der Waals surface area contributed by atoms with Crippen LogP contribution < -0.4 is 11.1 Å². The summed E-state index contributed by atoms with van der Waals surface area (Å²) in [4.78, 5) is 27.0. The number of hydrogen-bond acceptors (Lipinski definition) is 3. The predicted molar refractivity (Wildman–Crippen MR) is 96.9 cm³/mol. The van der Waals surface area contributed by atoms with E-state index in [9.17, 15) is 9.59 Å². The lowest BCUT2D eigenvalue weighted by atomic mass is 9.86. The highest BCUT2D eigenvalue weighted by molar-refractivity contribution is 5.89. The molecule has 1 atom stereocenters. The lowest BCUT2D eigenvalue weighted by Crippen LogP contribution is -2.53. The normalized spacial score (nSPS) is 32.5. The van der Waals surface area contributed by atoms with Gasteiger partial charge in [0.1, 0.15) is 0 Å². The van der Waals surface area contributed by atoms with E-state index in [4.69, 9.17) is 5.73 Å². The molecule has 0 spiro atoms. The Labute approximate surface area is 151 Å². The first-order valence-corrected chi connectivity index (χ1v) is 9.34. The van der Waals surface area contributed by atoms with Gasteiger partial charge in [-0.3, -0.25) is 9.59 Å². The smallest absolute Gasteiger partial charge is 0.225 e. The van der Waals surface area contributed by atoms with Crippen LogP contribution in [0.5, 0.6) is 0 Å². The van der Waals surface area contributed by atoms with E-state index in [0.717, 1.165) is 44.4 Å². The molecule has 3 rings (SSSR count). The van der Waals surface area contributed by atoms with E-state index in [1.165, 1.54) is 12.8 Å². The summed E-state index contributed by atoms with van der Waals surface area (Å²) in [7, 11) is 0. The fourth-order valence-electron chi connectivity index (χ4n) is 4.61. The van der Waals surface area contributed by atoms with Gasteiger partial charge in [0, 0.05) is 25.6 Å². The van der Waals surface area contributed by atoms with Crippen molar-refractivity contribution in [2.45, 2.75) is 76.3 Å². The number of amides is 2. The minimum Gasteiger partial charge on any atom is -0.349 e. The molecule has 0 aromatic rings. The SMILES string of the molecule is CC1CCC(N2CC(C(=O)NC3(CN)CCCC3)CC2=O)CC1.Cl. The molecule has 5 nitrogen and oxygen atoms in total. The van der Waals surface area contributed by atoms with Crippen LogP contribution in [0.4, 0.5) is 0 Å². The van der Waals surface area contributed by atoms with E-state index >= 15 is 0 Å². The van der Waals surface area contributed by atoms with Gasteiger partial charge in [0.15, 0.2) is 0 Å². The third-order valence-corrected chi connectivity index (χ3v) is 6.30. The van der Waals surface area contributed by atoms with E-state index < -0.39 is 0 Å². The van der Waals surface area contributed by atoms with Gasteiger partial charge in [-0.1, -0.05) is 19.8 Å². The van der Waals surface area contributed by atoms with Crippen LogP contribution in [-0.4, -0.2) is 41.4 Å². The quantitative estimate of drug-likeness (QED) is 0.810. The maximum atomic E-state index is 12.6. The number of likely N-dealkylation sites (tertiary alicyclic amines) is 1. The van der Waals surface area contributed by atoms with Crippen molar-refractivity contribution in [3.63, 3.8) is 0 Å². The second kappa shape index (κ2) is 8.05. The average molecular weight is 358 g/mol. The summed E-state index contributed by atoms with van der Waals surface area (Å²) in [6, 6.07) is 0.353. The lowest BCUT2D eigenvalue weighted by molar-refractivity contribution is -0.131. The van der Waals surface area contributed by atoms with Crippen molar-refractivity contribution in [3.8, 4) is 0 Å². The molecule has 1 heterocycles. The van der Waals surface area contributed by atoms with Gasteiger partial charge in [0.2, 0.25) is 11.8 Å². The summed E-state index contributed by atoms with van der Waals surface area (Å²) in [6.07, 6.45) is 9.16. The summed E-state index contributed by atoms with van der Waals surface area (Å²) in [5.74, 6) is 0.788. The molecule has 1 unspecified atom stereocenters. The van der Waals surface area contributed by atoms with Crippen LogP contribution in [0.2, 0.25) is 0 Å². The standard InChI is InChI=1S/C18H31N3O2.ClH/c1-13-4-6-15(7-5-13)21-11-14(10-16(21)22)17(23)20-18(12-19)8-2-3-9-18;/h13-15H,2-12,19H2,1H3,(H,20,23);1H. The number of rotatable bonds is 4. The number of halogens is 1. The zero-order valence-corrected chi connectivity index (χ0v) is 15.6. The molecule has 3 fully saturated rings. The average Bonchev–Trinajstić information content (AvgIpc) is 3.16. The maximum Gasteiger partial charge on any atom is 0.225 e. The molecule has 2 aliphatic carbocycles. The van der Waals surface area contributed by atoms with Crippen molar-refractivity contribution in [2.24, 2.45) is 17.6 Å². The minimum atomic E-state index is -0.214. The van der Waals surface area contributed by atoms with E-state index in [0.29, 0.717) is 25.6 Å². The second-order valence-electron chi connectivity index (χ2n) is 8.04. The van der Waals surface area contributed by atoms with E-state index in [1.54, 1.807) is 0 Å². The summed E-state index contributed by atoms with van der Waals surface area (Å²) in [6.45, 7) is 3.39. The third-order valence-electron chi connectivity index (χ3n) is 6.30. The topological polar surface area (TPSA) is 75.4 Å². The number of hydrogen-bond donors (Lipinski definition) is 2. The van der Waals surface area contributed by atoms with Crippen molar-refractivity contribution in [1.29, 1.82) is 0 Å². The van der Waals surface area contributed by atoms with Gasteiger partial charge in [0.25, 0.3) is 0 Å². The van der Waals surface area contributed by atoms with Crippen molar-refractivity contribution in [3.05, 3.63) is 0 Å². The van der Waals surface area contributed by atoms with Crippen LogP contribution in [0.15, 0.2) is 0 Å². The first-order valence-electron chi connectivity index (χ1n) is 9.34. The van der Waals surface area contributed by atoms with Gasteiger partial charge in [-0.2, -0.15) is 0 Å². The highest BCUT2D eigenvalue weighted by Crippen LogP contribution is 2.33. The van der Waals surface area contributed by atoms with Crippen LogP contribution in [0.25, 0.3) is 0 Å². The molecule has 138 valence electrons. The Hall–Kier alpha value is -0.810. The number of carbonyl (C=O) groups is 2. The van der Waals surface area contributed by atoms with Crippen molar-refractivity contribution in [2.75, 3.05) is 13.1 Å². The molecule has 0 aromatic carbocycles. The van der Waals surface area contributed by atoms with Gasteiger partial charge in [-0.05, 0) is 44.4 Å². The fourth-order valence-corrected chi connectivity index (χ4v) is 4.61. The van der Waals surface area contributed by atoms with Crippen LogP contribution >= 0.6 is 12.4 Å². The molecule has 3 N–H and O–H groups in total. The van der Waals surface area contributed by atoms with Crippen molar-refractivity contribution in [1.82, 2.24) is 10.2 Å². The maximum absolute atomic E-state index is 12.6. The summed E-state index contributed by atoms with van der Waals surface area (Å²) < 4.78 is 0. The first-order chi connectivity index (χ1) is 11.0. The Morgan fingerprint density at radius 3 is 2.46 bits per heavy atom. The third kappa shape index (κ3) is 4.05. The molecule has 0 aromatic heterocycles. The van der Waals surface area contributed by atoms with Crippen molar-refractivity contribution < 1.29 is 9.59 Å². The largest absolute Gasteiger partial charge is 0.349 e. The van der Waals surface area contributed by atoms with Gasteiger partial charge in [-0.25, -0.2) is 0 Å². The molecule has 6 heteroatoms. The Bertz CT molecular complexity index is 457. The minimum absolute atomic E-state index is 0. The van der Waals surface area contributed by atoms with Crippen LogP contribution in [0.1, 0.15) is 64.7 Å². The molecular formula is C18H32ClN3O2. The number of carbonyl (C=O) groups excluding carboxylic acids is 2. The highest BCUT2D eigenvalue weighted by atomic mass is 35.5. The molecule has 1 aliphatic heterocycles. The first kappa shape index (κ1) is 19.5. The molecule has 0 bridgehead atoms. The van der Waals surface area contributed by atoms with Crippen molar-refractivity contribution >= 4 is 24.2 Å². The summed E-state index contributed by atoms with van der Waals surface area (Å²) >= 11 is 0. The van der Waals surface area contributed by atoms with E-state index in [2.05, 4.69) is 12.2 Å². The summed E-state index contributed by atoms with van der Waals surface area (Å²) in [5, 5.41) is 3.19. The van der Waals surface area contributed by atoms with Gasteiger partial charge in [0.05, 0.1) is 11.5 Å². The summed E-state index contributed by atoms with van der Waals surface area (Å²) in [5.41, 5.74) is 5.69. The van der Waals surface area contributed by atoms with E-state index in [-0.39, 0.29) is 35.7 Å². The molecule has 3 aliphatic rings. The Kier molecular flexibility index (Phi) is 6.54. The second-order valence-corrected chi connectivity index (χ2v) is 8.04. The van der Waals surface area contributed by atoms with Crippen LogP contribution in [0, 0.1) is 11.8 Å². The molecule has 1 saturated heterocycles. The molecule has 0 radical (unpaired) electrons. The highest BCUT2D eigenvalue weighted by Gasteiger charge is 2.41. The van der Waals surface area contributed by atoms with Gasteiger partial charge in [-0.15, -0.1) is 12.4 Å². The Morgan fingerprint density at radius 2 is 1.88 bits per heavy atom. The predicted octanol–water partition coefficient (Wildman–Crippen LogP) is 2.22. The van der Waals surface area contributed by atoms with Gasteiger partial charge >= 0.3 is 0 Å². The zero-order chi connectivity index (χ0) is 16.4. The number of nitrogens with one attached hydrogen (secondary N) is 1. The molecule has 2 saturated carbocycles. The number of nitrogens with zero attached hydrogens (tertiary/aromatic N) is 1. The van der Waals surface area contributed by atoms with Crippen LogP contribution in [-0.2, 0) is 9.59 Å². The molecule has 24 heavy (non-hydrogen) atoms. The monoisotopic (exact) mass is 357 g/mol. The lowest BCUT2D eigenvalue weighted by Gasteiger charge is -2.34. The Morgan fingerprint density at radius 1 is 1.25 bits per heavy atom. The van der Waals surface area contributed by atoms with Gasteiger partial charge < -0.3 is 16.0 Å². The number of nitrogens with two attached hydrogens (primary N) is 1. The molecule has 2 amide bonds. The zero-order valence-electron chi connectivity index (χ0n) is 14.8.